The normalized spacial score (nSPS) is 16.1. The Morgan fingerprint density at radius 2 is 2.05 bits per heavy atom. The van der Waals surface area contributed by atoms with E-state index in [0.717, 1.165) is 30.2 Å². The molecule has 3 nitrogen and oxygen atoms in total. The minimum atomic E-state index is -0.0859. The molecule has 1 amide bonds. The molecule has 1 aliphatic carbocycles. The Bertz CT molecular complexity index is 475. The number of carbonyl (C=O) groups excluding carboxylic acids is 1. The van der Waals surface area contributed by atoms with Crippen LogP contribution in [-0.4, -0.2) is 35.1 Å². The van der Waals surface area contributed by atoms with Gasteiger partial charge in [-0.15, -0.1) is 0 Å². The second-order valence-electron chi connectivity index (χ2n) is 5.12. The van der Waals surface area contributed by atoms with Gasteiger partial charge in [0.2, 0.25) is 0 Å². The van der Waals surface area contributed by atoms with Crippen LogP contribution >= 0.6 is 27.5 Å². The highest BCUT2D eigenvalue weighted by molar-refractivity contribution is 9.10. The van der Waals surface area contributed by atoms with Gasteiger partial charge in [-0.25, -0.2) is 0 Å². The summed E-state index contributed by atoms with van der Waals surface area (Å²) >= 11 is 9.56. The summed E-state index contributed by atoms with van der Waals surface area (Å²) in [6.07, 6.45) is 5.54. The van der Waals surface area contributed by atoms with Gasteiger partial charge in [0.1, 0.15) is 0 Å². The molecule has 2 rings (SSSR count). The number of rotatable bonds is 4. The molecule has 110 valence electrons. The molecule has 0 bridgehead atoms. The zero-order valence-corrected chi connectivity index (χ0v) is 13.7. The molecule has 1 aromatic rings. The quantitative estimate of drug-likeness (QED) is 0.885. The fraction of sp³-hybridized carbons (Fsp3) is 0.533. The van der Waals surface area contributed by atoms with Crippen LogP contribution in [0.3, 0.4) is 0 Å². The molecule has 1 N–H and O–H groups in total. The molecule has 1 aliphatic rings. The molecule has 0 saturated heterocycles. The molecule has 0 atom stereocenters. The summed E-state index contributed by atoms with van der Waals surface area (Å²) in [6.45, 7) is 0.347. The molecule has 1 aromatic carbocycles. The van der Waals surface area contributed by atoms with Gasteiger partial charge in [0.15, 0.2) is 0 Å². The van der Waals surface area contributed by atoms with E-state index in [9.17, 15) is 9.90 Å². The number of aliphatic hydroxyl groups excluding tert-OH is 1. The van der Waals surface area contributed by atoms with Gasteiger partial charge in [0.25, 0.3) is 5.91 Å². The first-order chi connectivity index (χ1) is 9.65. The monoisotopic (exact) mass is 359 g/mol. The van der Waals surface area contributed by atoms with E-state index in [4.69, 9.17) is 11.6 Å². The number of aliphatic hydroxyl groups is 1. The number of hydrogen-bond acceptors (Lipinski definition) is 2. The zero-order chi connectivity index (χ0) is 14.5. The van der Waals surface area contributed by atoms with Crippen LogP contribution in [0.4, 0.5) is 0 Å². The predicted molar refractivity (Wildman–Crippen MR) is 84.1 cm³/mol. The highest BCUT2D eigenvalue weighted by Gasteiger charge is 2.27. The third kappa shape index (κ3) is 3.54. The summed E-state index contributed by atoms with van der Waals surface area (Å²) in [7, 11) is 0. The van der Waals surface area contributed by atoms with E-state index in [0.29, 0.717) is 17.1 Å². The van der Waals surface area contributed by atoms with Crippen LogP contribution in [0.5, 0.6) is 0 Å². The van der Waals surface area contributed by atoms with Crippen molar-refractivity contribution in [2.24, 2.45) is 0 Å². The van der Waals surface area contributed by atoms with Gasteiger partial charge >= 0.3 is 0 Å². The van der Waals surface area contributed by atoms with Crippen molar-refractivity contribution in [2.75, 3.05) is 13.2 Å². The van der Waals surface area contributed by atoms with Gasteiger partial charge in [-0.2, -0.15) is 0 Å². The molecule has 20 heavy (non-hydrogen) atoms. The minimum absolute atomic E-state index is 0.0200. The molecule has 0 radical (unpaired) electrons. The van der Waals surface area contributed by atoms with Crippen molar-refractivity contribution in [1.29, 1.82) is 0 Å². The van der Waals surface area contributed by atoms with E-state index in [-0.39, 0.29) is 18.6 Å². The molecule has 1 fully saturated rings. The van der Waals surface area contributed by atoms with Gasteiger partial charge < -0.3 is 10.0 Å². The van der Waals surface area contributed by atoms with E-state index < -0.39 is 0 Å². The zero-order valence-electron chi connectivity index (χ0n) is 11.3. The molecule has 5 heteroatoms. The second kappa shape index (κ2) is 7.43. The van der Waals surface area contributed by atoms with Crippen molar-refractivity contribution in [2.45, 2.75) is 38.1 Å². The van der Waals surface area contributed by atoms with Crippen LogP contribution < -0.4 is 0 Å². The van der Waals surface area contributed by atoms with E-state index in [1.165, 1.54) is 6.42 Å². The Labute approximate surface area is 133 Å². The lowest BCUT2D eigenvalue weighted by molar-refractivity contribution is 0.0585. The van der Waals surface area contributed by atoms with Crippen LogP contribution in [0.2, 0.25) is 5.02 Å². The summed E-state index contributed by atoms with van der Waals surface area (Å²) < 4.78 is 0.720. The van der Waals surface area contributed by atoms with Crippen LogP contribution in [0, 0.1) is 0 Å². The maximum atomic E-state index is 12.7. The maximum Gasteiger partial charge on any atom is 0.255 e. The van der Waals surface area contributed by atoms with Crippen molar-refractivity contribution >= 4 is 33.4 Å². The van der Waals surface area contributed by atoms with E-state index in [1.807, 2.05) is 6.07 Å². The fourth-order valence-electron chi connectivity index (χ4n) is 2.77. The van der Waals surface area contributed by atoms with E-state index >= 15 is 0 Å². The summed E-state index contributed by atoms with van der Waals surface area (Å²) in [5, 5.41) is 9.69. The minimum Gasteiger partial charge on any atom is -0.395 e. The number of halogens is 2. The molecular weight excluding hydrogens is 342 g/mol. The topological polar surface area (TPSA) is 40.5 Å². The van der Waals surface area contributed by atoms with Crippen molar-refractivity contribution in [1.82, 2.24) is 4.90 Å². The fourth-order valence-corrected chi connectivity index (χ4v) is 3.35. The number of carbonyl (C=O) groups is 1. The lowest BCUT2D eigenvalue weighted by atomic mass is 9.93. The average Bonchev–Trinajstić information content (AvgIpc) is 2.48. The number of amides is 1. The standard InChI is InChI=1S/C15H19BrClNO2/c16-13-8-4-7-12(14(13)17)15(20)18(9-10-19)11-5-2-1-3-6-11/h4,7-8,11,19H,1-3,5-6,9-10H2. The van der Waals surface area contributed by atoms with Gasteiger partial charge in [-0.05, 0) is 40.9 Å². The Balaban J connectivity index is 2.23. The Kier molecular flexibility index (Phi) is 5.87. The molecule has 1 saturated carbocycles. The third-order valence-corrected chi connectivity index (χ3v) is 5.10. The van der Waals surface area contributed by atoms with Crippen molar-refractivity contribution in [3.8, 4) is 0 Å². The Hall–Kier alpha value is -0.580. The first-order valence-corrected chi connectivity index (χ1v) is 8.18. The Morgan fingerprint density at radius 3 is 2.70 bits per heavy atom. The first-order valence-electron chi connectivity index (χ1n) is 7.01. The molecule has 0 aromatic heterocycles. The van der Waals surface area contributed by atoms with Crippen molar-refractivity contribution in [3.05, 3.63) is 33.3 Å². The lowest BCUT2D eigenvalue weighted by Crippen LogP contribution is -2.43. The van der Waals surface area contributed by atoms with Gasteiger partial charge in [0, 0.05) is 17.1 Å². The second-order valence-corrected chi connectivity index (χ2v) is 6.35. The van der Waals surface area contributed by atoms with Gasteiger partial charge in [-0.1, -0.05) is 36.9 Å². The number of hydrogen-bond donors (Lipinski definition) is 1. The van der Waals surface area contributed by atoms with Crippen molar-refractivity contribution < 1.29 is 9.90 Å². The van der Waals surface area contributed by atoms with Gasteiger partial charge in [-0.3, -0.25) is 4.79 Å². The highest BCUT2D eigenvalue weighted by Crippen LogP contribution is 2.29. The largest absolute Gasteiger partial charge is 0.395 e. The van der Waals surface area contributed by atoms with Crippen LogP contribution in [0.1, 0.15) is 42.5 Å². The summed E-state index contributed by atoms with van der Waals surface area (Å²) in [6, 6.07) is 5.58. The van der Waals surface area contributed by atoms with Gasteiger partial charge in [0.05, 0.1) is 17.2 Å². The van der Waals surface area contributed by atoms with E-state index in [2.05, 4.69) is 15.9 Å². The average molecular weight is 361 g/mol. The smallest absolute Gasteiger partial charge is 0.255 e. The SMILES string of the molecule is O=C(c1cccc(Br)c1Cl)N(CCO)C1CCCCC1. The molecule has 0 aliphatic heterocycles. The third-order valence-electron chi connectivity index (χ3n) is 3.80. The van der Waals surface area contributed by atoms with E-state index in [1.54, 1.807) is 17.0 Å². The molecule has 0 unspecified atom stereocenters. The van der Waals surface area contributed by atoms with Crippen LogP contribution in [-0.2, 0) is 0 Å². The molecule has 0 spiro atoms. The Morgan fingerprint density at radius 1 is 1.35 bits per heavy atom. The van der Waals surface area contributed by atoms with Crippen LogP contribution in [0.25, 0.3) is 0 Å². The van der Waals surface area contributed by atoms with Crippen molar-refractivity contribution in [3.63, 3.8) is 0 Å². The highest BCUT2D eigenvalue weighted by atomic mass is 79.9. The summed E-state index contributed by atoms with van der Waals surface area (Å²) in [5.41, 5.74) is 0.500. The number of nitrogens with zero attached hydrogens (tertiary/aromatic N) is 1. The molecule has 0 heterocycles. The lowest BCUT2D eigenvalue weighted by Gasteiger charge is -2.34. The van der Waals surface area contributed by atoms with Crippen LogP contribution in [0.15, 0.2) is 22.7 Å². The maximum absolute atomic E-state index is 12.7. The number of benzene rings is 1. The summed E-state index contributed by atoms with van der Waals surface area (Å²) in [5.74, 6) is -0.0859. The summed E-state index contributed by atoms with van der Waals surface area (Å²) in [4.78, 5) is 14.5. The predicted octanol–water partition coefficient (Wildman–Crippen LogP) is 3.87. The first kappa shape index (κ1) is 15.8. The molecular formula is C15H19BrClNO2.